The Morgan fingerprint density at radius 1 is 1.00 bits per heavy atom. The number of benzene rings is 1. The molecule has 0 saturated carbocycles. The van der Waals surface area contributed by atoms with Crippen LogP contribution in [0, 0.1) is 12.3 Å². The van der Waals surface area contributed by atoms with Crippen molar-refractivity contribution in [2.24, 2.45) is 5.41 Å². The van der Waals surface area contributed by atoms with Crippen LogP contribution in [0.15, 0.2) is 30.3 Å². The fourth-order valence-electron chi connectivity index (χ4n) is 4.69. The molecule has 0 amide bonds. The highest BCUT2D eigenvalue weighted by Gasteiger charge is 2.54. The first-order chi connectivity index (χ1) is 15.5. The van der Waals surface area contributed by atoms with Gasteiger partial charge in [-0.2, -0.15) is 0 Å². The number of aromatic nitrogens is 1. The van der Waals surface area contributed by atoms with Gasteiger partial charge in [-0.3, -0.25) is 9.59 Å². The lowest BCUT2D eigenvalue weighted by molar-refractivity contribution is -0.171. The second-order valence-electron chi connectivity index (χ2n) is 8.21. The predicted molar refractivity (Wildman–Crippen MR) is 121 cm³/mol. The third-order valence-corrected chi connectivity index (χ3v) is 6.30. The van der Waals surface area contributed by atoms with Gasteiger partial charge in [-0.25, -0.2) is 4.98 Å². The van der Waals surface area contributed by atoms with E-state index in [4.69, 9.17) is 19.2 Å². The molecule has 2 aliphatic rings. The number of esters is 2. The Labute approximate surface area is 188 Å². The lowest BCUT2D eigenvalue weighted by Gasteiger charge is -2.30. The first-order valence-electron chi connectivity index (χ1n) is 11.3. The minimum absolute atomic E-state index is 0.206. The van der Waals surface area contributed by atoms with Crippen molar-refractivity contribution in [3.05, 3.63) is 47.0 Å². The van der Waals surface area contributed by atoms with E-state index in [1.807, 2.05) is 37.3 Å². The number of pyridine rings is 1. The number of rotatable bonds is 6. The van der Waals surface area contributed by atoms with Crippen molar-refractivity contribution in [3.8, 4) is 11.3 Å². The summed E-state index contributed by atoms with van der Waals surface area (Å²) in [5.74, 6) is -0.170. The summed E-state index contributed by atoms with van der Waals surface area (Å²) in [5.41, 5.74) is 3.30. The Bertz CT molecular complexity index is 981. The van der Waals surface area contributed by atoms with Crippen molar-refractivity contribution in [1.82, 2.24) is 4.98 Å². The van der Waals surface area contributed by atoms with E-state index in [1.165, 1.54) is 0 Å². The number of carbonyl (C=O) groups is 2. The van der Waals surface area contributed by atoms with Crippen molar-refractivity contribution in [3.63, 3.8) is 0 Å². The number of morpholine rings is 1. The topological polar surface area (TPSA) is 78.0 Å². The molecule has 170 valence electrons. The van der Waals surface area contributed by atoms with E-state index in [-0.39, 0.29) is 26.1 Å². The van der Waals surface area contributed by atoms with Crippen molar-refractivity contribution in [1.29, 1.82) is 0 Å². The number of hydrogen-bond donors (Lipinski definition) is 0. The van der Waals surface area contributed by atoms with E-state index in [9.17, 15) is 9.59 Å². The van der Waals surface area contributed by atoms with Gasteiger partial charge in [-0.05, 0) is 37.5 Å². The summed E-state index contributed by atoms with van der Waals surface area (Å²) in [4.78, 5) is 33.6. The minimum atomic E-state index is -1.38. The van der Waals surface area contributed by atoms with E-state index in [1.54, 1.807) is 13.8 Å². The molecule has 4 rings (SSSR count). The Balaban J connectivity index is 1.88. The van der Waals surface area contributed by atoms with Gasteiger partial charge in [0.05, 0.1) is 32.1 Å². The van der Waals surface area contributed by atoms with Crippen LogP contribution in [0.25, 0.3) is 11.3 Å². The monoisotopic (exact) mass is 438 g/mol. The molecule has 0 radical (unpaired) electrons. The summed E-state index contributed by atoms with van der Waals surface area (Å²) < 4.78 is 16.3. The van der Waals surface area contributed by atoms with Gasteiger partial charge in [0.15, 0.2) is 5.41 Å². The molecule has 1 aromatic heterocycles. The summed E-state index contributed by atoms with van der Waals surface area (Å²) in [5, 5.41) is 0. The first-order valence-corrected chi connectivity index (χ1v) is 11.3. The van der Waals surface area contributed by atoms with Gasteiger partial charge < -0.3 is 19.1 Å². The second kappa shape index (κ2) is 9.28. The van der Waals surface area contributed by atoms with Gasteiger partial charge in [0, 0.05) is 31.5 Å². The van der Waals surface area contributed by atoms with E-state index in [2.05, 4.69) is 4.90 Å². The molecule has 0 unspecified atom stereocenters. The quantitative estimate of drug-likeness (QED) is 0.507. The van der Waals surface area contributed by atoms with Crippen LogP contribution in [0.2, 0.25) is 0 Å². The normalized spacial score (nSPS) is 17.0. The Hall–Kier alpha value is -2.93. The van der Waals surface area contributed by atoms with Gasteiger partial charge >= 0.3 is 11.9 Å². The average Bonchev–Trinajstić information content (AvgIpc) is 3.24. The summed E-state index contributed by atoms with van der Waals surface area (Å²) >= 11 is 0. The Morgan fingerprint density at radius 2 is 1.59 bits per heavy atom. The molecule has 1 saturated heterocycles. The zero-order valence-corrected chi connectivity index (χ0v) is 19.0. The molecule has 0 atom stereocenters. The Kier molecular flexibility index (Phi) is 6.46. The number of hydrogen-bond acceptors (Lipinski definition) is 7. The first kappa shape index (κ1) is 22.3. The molecule has 2 heterocycles. The molecular weight excluding hydrogens is 408 g/mol. The highest BCUT2D eigenvalue weighted by molar-refractivity contribution is 6.02. The van der Waals surface area contributed by atoms with Crippen LogP contribution < -0.4 is 4.90 Å². The number of nitrogens with zero attached hydrogens (tertiary/aromatic N) is 2. The second-order valence-corrected chi connectivity index (χ2v) is 8.21. The fraction of sp³-hybridized carbons (Fsp3) is 0.480. The standard InChI is InChI=1S/C25H30N2O5/c1-4-31-23(28)25(24(29)32-5-2)15-19-17(3)22(27-11-13-30-14-12-27)26-21(20(19)16-25)18-9-7-6-8-10-18/h6-10H,4-5,11-16H2,1-3H3. The molecule has 0 bridgehead atoms. The van der Waals surface area contributed by atoms with Gasteiger partial charge in [0.25, 0.3) is 0 Å². The lowest BCUT2D eigenvalue weighted by Crippen LogP contribution is -2.43. The predicted octanol–water partition coefficient (Wildman–Crippen LogP) is 3.10. The zero-order chi connectivity index (χ0) is 22.7. The van der Waals surface area contributed by atoms with Crippen LogP contribution in [-0.2, 0) is 36.6 Å². The number of carbonyl (C=O) groups excluding carboxylic acids is 2. The molecule has 7 heteroatoms. The third-order valence-electron chi connectivity index (χ3n) is 6.30. The van der Waals surface area contributed by atoms with Crippen molar-refractivity contribution < 1.29 is 23.8 Å². The summed E-state index contributed by atoms with van der Waals surface area (Å²) in [6, 6.07) is 9.92. The largest absolute Gasteiger partial charge is 0.465 e. The molecule has 1 fully saturated rings. The maximum absolute atomic E-state index is 13.1. The number of anilines is 1. The van der Waals surface area contributed by atoms with Crippen molar-refractivity contribution in [2.45, 2.75) is 33.6 Å². The molecule has 1 aromatic carbocycles. The van der Waals surface area contributed by atoms with Gasteiger partial charge in [0.1, 0.15) is 5.82 Å². The molecule has 0 spiro atoms. The fourth-order valence-corrected chi connectivity index (χ4v) is 4.69. The van der Waals surface area contributed by atoms with Crippen molar-refractivity contribution >= 4 is 17.8 Å². The molecule has 1 aliphatic carbocycles. The zero-order valence-electron chi connectivity index (χ0n) is 19.0. The minimum Gasteiger partial charge on any atom is -0.465 e. The lowest BCUT2D eigenvalue weighted by atomic mass is 9.84. The van der Waals surface area contributed by atoms with Crippen LogP contribution in [0.4, 0.5) is 5.82 Å². The van der Waals surface area contributed by atoms with E-state index < -0.39 is 17.4 Å². The van der Waals surface area contributed by atoms with Gasteiger partial charge in [-0.15, -0.1) is 0 Å². The molecule has 32 heavy (non-hydrogen) atoms. The van der Waals surface area contributed by atoms with Crippen LogP contribution >= 0.6 is 0 Å². The summed E-state index contributed by atoms with van der Waals surface area (Å²) in [6.07, 6.45) is 0.479. The van der Waals surface area contributed by atoms with E-state index in [0.29, 0.717) is 13.2 Å². The van der Waals surface area contributed by atoms with E-state index >= 15 is 0 Å². The van der Waals surface area contributed by atoms with Gasteiger partial charge in [0.2, 0.25) is 0 Å². The smallest absolute Gasteiger partial charge is 0.324 e. The van der Waals surface area contributed by atoms with Crippen LogP contribution in [-0.4, -0.2) is 56.4 Å². The molecule has 7 nitrogen and oxygen atoms in total. The number of fused-ring (bicyclic) bond motifs is 1. The maximum Gasteiger partial charge on any atom is 0.324 e. The van der Waals surface area contributed by atoms with Crippen LogP contribution in [0.5, 0.6) is 0 Å². The molecule has 0 N–H and O–H groups in total. The van der Waals surface area contributed by atoms with Crippen LogP contribution in [0.3, 0.4) is 0 Å². The summed E-state index contributed by atoms with van der Waals surface area (Å²) in [7, 11) is 0. The average molecular weight is 439 g/mol. The number of ether oxygens (including phenoxy) is 3. The SMILES string of the molecule is CCOC(=O)C1(C(=O)OCC)Cc2c(-c3ccccc3)nc(N3CCOCC3)c(C)c2C1. The maximum atomic E-state index is 13.1. The summed E-state index contributed by atoms with van der Waals surface area (Å²) in [6.45, 7) is 8.73. The molecule has 2 aromatic rings. The van der Waals surface area contributed by atoms with Crippen LogP contribution in [0.1, 0.15) is 30.5 Å². The van der Waals surface area contributed by atoms with Gasteiger partial charge in [-0.1, -0.05) is 30.3 Å². The third kappa shape index (κ3) is 3.86. The highest BCUT2D eigenvalue weighted by atomic mass is 16.6. The Morgan fingerprint density at radius 3 is 2.19 bits per heavy atom. The molecule has 1 aliphatic heterocycles. The molecular formula is C25H30N2O5. The van der Waals surface area contributed by atoms with E-state index in [0.717, 1.165) is 46.9 Å². The van der Waals surface area contributed by atoms with Crippen molar-refractivity contribution in [2.75, 3.05) is 44.4 Å². The highest BCUT2D eigenvalue weighted by Crippen LogP contribution is 2.46.